The Hall–Kier alpha value is -0.300. The number of anilines is 1. The lowest BCUT2D eigenvalue weighted by atomic mass is 10.1. The molecule has 1 aliphatic rings. The maximum atomic E-state index is 12.4. The van der Waals surface area contributed by atoms with Crippen LogP contribution in [0.15, 0.2) is 22.7 Å². The zero-order chi connectivity index (χ0) is 14.0. The van der Waals surface area contributed by atoms with E-state index in [-0.39, 0.29) is 6.04 Å². The second kappa shape index (κ2) is 5.99. The molecule has 0 radical (unpaired) electrons. The Balaban J connectivity index is 2.20. The van der Waals surface area contributed by atoms with Gasteiger partial charge in [-0.1, -0.05) is 18.0 Å². The first-order chi connectivity index (χ1) is 8.90. The van der Waals surface area contributed by atoms with Crippen molar-refractivity contribution in [3.63, 3.8) is 0 Å². The normalized spacial score (nSPS) is 21.3. The van der Waals surface area contributed by atoms with Crippen LogP contribution in [0, 0.1) is 0 Å². The first-order valence-corrected chi connectivity index (χ1v) is 8.76. The average molecular weight is 368 g/mol. The molecule has 0 spiro atoms. The Kier molecular flexibility index (Phi) is 4.76. The van der Waals surface area contributed by atoms with E-state index in [1.807, 2.05) is 6.92 Å². The fourth-order valence-electron chi connectivity index (χ4n) is 2.20. The third kappa shape index (κ3) is 3.62. The Labute approximate surface area is 127 Å². The van der Waals surface area contributed by atoms with Crippen molar-refractivity contribution in [2.24, 2.45) is 0 Å². The SMILES string of the molecule is CC1CCCCN1S(=O)(=O)Nc1ccc(Cl)cc1Br. The van der Waals surface area contributed by atoms with E-state index in [0.717, 1.165) is 19.3 Å². The van der Waals surface area contributed by atoms with E-state index in [2.05, 4.69) is 20.7 Å². The van der Waals surface area contributed by atoms with Gasteiger partial charge in [-0.3, -0.25) is 4.72 Å². The van der Waals surface area contributed by atoms with Crippen LogP contribution in [0.2, 0.25) is 5.02 Å². The van der Waals surface area contributed by atoms with E-state index in [1.165, 1.54) is 4.31 Å². The van der Waals surface area contributed by atoms with E-state index in [0.29, 0.717) is 21.7 Å². The predicted octanol–water partition coefficient (Wildman–Crippen LogP) is 3.63. The third-order valence-electron chi connectivity index (χ3n) is 3.22. The Morgan fingerprint density at radius 3 is 2.79 bits per heavy atom. The minimum atomic E-state index is -3.51. The van der Waals surface area contributed by atoms with Crippen LogP contribution in [-0.2, 0) is 10.2 Å². The van der Waals surface area contributed by atoms with Gasteiger partial charge in [0.2, 0.25) is 0 Å². The van der Waals surface area contributed by atoms with Crippen LogP contribution in [-0.4, -0.2) is 25.3 Å². The Morgan fingerprint density at radius 1 is 1.42 bits per heavy atom. The maximum absolute atomic E-state index is 12.4. The quantitative estimate of drug-likeness (QED) is 0.887. The largest absolute Gasteiger partial charge is 0.301 e. The molecular formula is C12H16BrClN2O2S. The van der Waals surface area contributed by atoms with Crippen molar-refractivity contribution < 1.29 is 8.42 Å². The summed E-state index contributed by atoms with van der Waals surface area (Å²) in [5, 5.41) is 0.557. The summed E-state index contributed by atoms with van der Waals surface area (Å²) in [6, 6.07) is 5.01. The molecule has 0 aromatic heterocycles. The molecule has 1 heterocycles. The Bertz CT molecular complexity index is 565. The predicted molar refractivity (Wildman–Crippen MR) is 81.7 cm³/mol. The van der Waals surface area contributed by atoms with Crippen molar-refractivity contribution in [3.05, 3.63) is 27.7 Å². The first-order valence-electron chi connectivity index (χ1n) is 6.15. The summed E-state index contributed by atoms with van der Waals surface area (Å²) in [4.78, 5) is 0. The second-order valence-electron chi connectivity index (χ2n) is 4.69. The molecule has 1 aliphatic heterocycles. The molecule has 1 fully saturated rings. The van der Waals surface area contributed by atoms with Gasteiger partial charge in [0.05, 0.1) is 5.69 Å². The van der Waals surface area contributed by atoms with Crippen LogP contribution in [0.3, 0.4) is 0 Å². The highest BCUT2D eigenvalue weighted by Gasteiger charge is 2.29. The van der Waals surface area contributed by atoms with Crippen LogP contribution in [0.5, 0.6) is 0 Å². The van der Waals surface area contributed by atoms with Crippen molar-refractivity contribution >= 4 is 43.4 Å². The van der Waals surface area contributed by atoms with Gasteiger partial charge >= 0.3 is 10.2 Å². The molecule has 1 aromatic carbocycles. The summed E-state index contributed by atoms with van der Waals surface area (Å²) >= 11 is 9.15. The number of benzene rings is 1. The van der Waals surface area contributed by atoms with Gasteiger partial charge in [-0.2, -0.15) is 12.7 Å². The minimum absolute atomic E-state index is 0.0392. The van der Waals surface area contributed by atoms with Gasteiger partial charge in [-0.15, -0.1) is 0 Å². The minimum Gasteiger partial charge on any atom is -0.270 e. The van der Waals surface area contributed by atoms with Gasteiger partial charge in [-0.25, -0.2) is 0 Å². The number of piperidine rings is 1. The van der Waals surface area contributed by atoms with Gasteiger partial charge in [0, 0.05) is 22.1 Å². The molecule has 7 heteroatoms. The van der Waals surface area contributed by atoms with Crippen LogP contribution >= 0.6 is 27.5 Å². The van der Waals surface area contributed by atoms with Crippen molar-refractivity contribution in [2.75, 3.05) is 11.3 Å². The molecule has 1 N–H and O–H groups in total. The number of halogens is 2. The lowest BCUT2D eigenvalue weighted by Gasteiger charge is -2.32. The molecule has 1 saturated heterocycles. The molecule has 1 unspecified atom stereocenters. The summed E-state index contributed by atoms with van der Waals surface area (Å²) in [7, 11) is -3.51. The lowest BCUT2D eigenvalue weighted by molar-refractivity contribution is 0.270. The van der Waals surface area contributed by atoms with Gasteiger partial charge in [-0.05, 0) is 53.9 Å². The molecule has 106 valence electrons. The summed E-state index contributed by atoms with van der Waals surface area (Å²) in [5.74, 6) is 0. The van der Waals surface area contributed by atoms with Gasteiger partial charge < -0.3 is 0 Å². The fraction of sp³-hybridized carbons (Fsp3) is 0.500. The number of rotatable bonds is 3. The Morgan fingerprint density at radius 2 is 2.16 bits per heavy atom. The molecule has 1 atom stereocenters. The highest BCUT2D eigenvalue weighted by Crippen LogP contribution is 2.28. The first kappa shape index (κ1) is 15.1. The van der Waals surface area contributed by atoms with E-state index < -0.39 is 10.2 Å². The summed E-state index contributed by atoms with van der Waals surface area (Å²) < 4.78 is 29.5. The van der Waals surface area contributed by atoms with E-state index in [9.17, 15) is 8.42 Å². The number of nitrogens with zero attached hydrogens (tertiary/aromatic N) is 1. The van der Waals surface area contributed by atoms with E-state index in [1.54, 1.807) is 18.2 Å². The van der Waals surface area contributed by atoms with Crippen LogP contribution in [0.25, 0.3) is 0 Å². The number of hydrogen-bond acceptors (Lipinski definition) is 2. The lowest BCUT2D eigenvalue weighted by Crippen LogP contribution is -2.44. The zero-order valence-electron chi connectivity index (χ0n) is 10.6. The van der Waals surface area contributed by atoms with E-state index >= 15 is 0 Å². The summed E-state index contributed by atoms with van der Waals surface area (Å²) in [6.07, 6.45) is 2.90. The molecule has 1 aromatic rings. The average Bonchev–Trinajstić information content (AvgIpc) is 2.33. The van der Waals surface area contributed by atoms with Gasteiger partial charge in [0.15, 0.2) is 0 Å². The molecule has 4 nitrogen and oxygen atoms in total. The van der Waals surface area contributed by atoms with Crippen molar-refractivity contribution in [3.8, 4) is 0 Å². The smallest absolute Gasteiger partial charge is 0.270 e. The highest BCUT2D eigenvalue weighted by molar-refractivity contribution is 9.10. The molecule has 0 saturated carbocycles. The van der Waals surface area contributed by atoms with Gasteiger partial charge in [0.1, 0.15) is 0 Å². The summed E-state index contributed by atoms with van der Waals surface area (Å²) in [5.41, 5.74) is 0.502. The molecule has 0 amide bonds. The third-order valence-corrected chi connectivity index (χ3v) is 5.75. The standard InChI is InChI=1S/C12H16BrClN2O2S/c1-9-4-2-3-7-16(9)19(17,18)15-12-6-5-10(14)8-11(12)13/h5-6,8-9,15H,2-4,7H2,1H3. The zero-order valence-corrected chi connectivity index (χ0v) is 13.7. The van der Waals surface area contributed by atoms with Crippen molar-refractivity contribution in [1.29, 1.82) is 0 Å². The number of hydrogen-bond donors (Lipinski definition) is 1. The second-order valence-corrected chi connectivity index (χ2v) is 7.60. The molecule has 19 heavy (non-hydrogen) atoms. The van der Waals surface area contributed by atoms with Crippen LogP contribution in [0.1, 0.15) is 26.2 Å². The molecule has 0 bridgehead atoms. The van der Waals surface area contributed by atoms with E-state index in [4.69, 9.17) is 11.6 Å². The van der Waals surface area contributed by atoms with Crippen LogP contribution in [0.4, 0.5) is 5.69 Å². The molecular weight excluding hydrogens is 352 g/mol. The fourth-order valence-corrected chi connectivity index (χ4v) is 4.63. The van der Waals surface area contributed by atoms with Crippen molar-refractivity contribution in [1.82, 2.24) is 4.31 Å². The maximum Gasteiger partial charge on any atom is 0.301 e. The van der Waals surface area contributed by atoms with Gasteiger partial charge in [0.25, 0.3) is 0 Å². The monoisotopic (exact) mass is 366 g/mol. The molecule has 2 rings (SSSR count). The van der Waals surface area contributed by atoms with Crippen molar-refractivity contribution in [2.45, 2.75) is 32.2 Å². The molecule has 0 aliphatic carbocycles. The highest BCUT2D eigenvalue weighted by atomic mass is 79.9. The summed E-state index contributed by atoms with van der Waals surface area (Å²) in [6.45, 7) is 2.51. The topological polar surface area (TPSA) is 49.4 Å². The number of nitrogens with one attached hydrogen (secondary N) is 1. The van der Waals surface area contributed by atoms with Crippen LogP contribution < -0.4 is 4.72 Å².